The molecule has 4 rings (SSSR count). The summed E-state index contributed by atoms with van der Waals surface area (Å²) in [6.07, 6.45) is 5.09. The van der Waals surface area contributed by atoms with Crippen molar-refractivity contribution in [1.82, 2.24) is 25.3 Å². The van der Waals surface area contributed by atoms with Gasteiger partial charge >= 0.3 is 0 Å². The van der Waals surface area contributed by atoms with Crippen LogP contribution in [0.1, 0.15) is 46.5 Å². The Kier molecular flexibility index (Phi) is 6.80. The average molecular weight is 447 g/mol. The number of nitrogens with one attached hydrogen (secondary N) is 3. The Hall–Kier alpha value is -2.85. The highest BCUT2D eigenvalue weighted by Crippen LogP contribution is 2.25. The van der Waals surface area contributed by atoms with E-state index in [1.54, 1.807) is 0 Å². The summed E-state index contributed by atoms with van der Waals surface area (Å²) in [5, 5.41) is 11.8. The van der Waals surface area contributed by atoms with E-state index >= 15 is 0 Å². The average Bonchev–Trinajstić information content (AvgIpc) is 3.23. The molecule has 2 fully saturated rings. The van der Waals surface area contributed by atoms with E-state index < -0.39 is 29.0 Å². The maximum absolute atomic E-state index is 13.9. The zero-order chi connectivity index (χ0) is 22.7. The minimum Gasteiger partial charge on any atom is -0.348 e. The Morgan fingerprint density at radius 3 is 2.34 bits per heavy atom. The molecule has 32 heavy (non-hydrogen) atoms. The second kappa shape index (κ2) is 9.74. The summed E-state index contributed by atoms with van der Waals surface area (Å²) >= 11 is 0. The first-order chi connectivity index (χ1) is 15.4. The number of aromatic amines is 1. The van der Waals surface area contributed by atoms with Crippen LogP contribution < -0.4 is 10.6 Å². The Labute approximate surface area is 185 Å². The topological polar surface area (TPSA) is 93.4 Å². The summed E-state index contributed by atoms with van der Waals surface area (Å²) in [4.78, 5) is 30.0. The molecule has 8 nitrogen and oxygen atoms in total. The number of hydrogen-bond acceptors (Lipinski definition) is 5. The summed E-state index contributed by atoms with van der Waals surface area (Å²) in [6, 6.07) is 3.75. The molecule has 2 heterocycles. The Morgan fingerprint density at radius 1 is 1.03 bits per heavy atom. The molecule has 1 saturated carbocycles. The monoisotopic (exact) mass is 446 g/mol. The number of rotatable bonds is 5. The molecule has 1 saturated heterocycles. The van der Waals surface area contributed by atoms with Gasteiger partial charge in [-0.3, -0.25) is 19.6 Å². The lowest BCUT2D eigenvalue weighted by molar-refractivity contribution is 0.0789. The predicted octanol–water partition coefficient (Wildman–Crippen LogP) is 2.23. The van der Waals surface area contributed by atoms with E-state index in [9.17, 15) is 18.4 Å². The molecule has 0 unspecified atom stereocenters. The molecule has 0 spiro atoms. The van der Waals surface area contributed by atoms with Crippen molar-refractivity contribution >= 4 is 17.5 Å². The standard InChI is InChI=1S/C22H28F2N6O2/c1-29-9-11-30(12-10-29)15-7-5-14(6-8-15)26-22(32)20-18(13-25-28-20)27-21(31)19-16(23)3-2-4-17(19)24/h2-4,13-15H,5-12H2,1H3,(H,25,28)(H,26,32)(H,27,31). The minimum atomic E-state index is -0.983. The van der Waals surface area contributed by atoms with Crippen LogP contribution in [-0.2, 0) is 0 Å². The van der Waals surface area contributed by atoms with E-state index in [4.69, 9.17) is 0 Å². The molecule has 0 bridgehead atoms. The third-order valence-corrected chi connectivity index (χ3v) is 6.38. The maximum atomic E-state index is 13.9. The van der Waals surface area contributed by atoms with Crippen molar-refractivity contribution in [3.8, 4) is 0 Å². The number of anilines is 1. The lowest BCUT2D eigenvalue weighted by Crippen LogP contribution is -2.51. The third kappa shape index (κ3) is 4.97. The van der Waals surface area contributed by atoms with E-state index in [-0.39, 0.29) is 17.4 Å². The van der Waals surface area contributed by atoms with Crippen LogP contribution >= 0.6 is 0 Å². The van der Waals surface area contributed by atoms with Gasteiger partial charge in [0.15, 0.2) is 5.69 Å². The Balaban J connectivity index is 1.33. The maximum Gasteiger partial charge on any atom is 0.274 e. The summed E-state index contributed by atoms with van der Waals surface area (Å²) in [5.41, 5.74) is -0.653. The lowest BCUT2D eigenvalue weighted by atomic mass is 9.89. The molecule has 1 aliphatic heterocycles. The van der Waals surface area contributed by atoms with Crippen LogP contribution in [-0.4, -0.2) is 77.1 Å². The Morgan fingerprint density at radius 2 is 1.69 bits per heavy atom. The highest BCUT2D eigenvalue weighted by atomic mass is 19.1. The van der Waals surface area contributed by atoms with Gasteiger partial charge in [-0.1, -0.05) is 6.07 Å². The molecule has 2 aromatic rings. The molecule has 10 heteroatoms. The van der Waals surface area contributed by atoms with E-state index in [2.05, 4.69) is 37.7 Å². The first kappa shape index (κ1) is 22.3. The van der Waals surface area contributed by atoms with Gasteiger partial charge in [0.25, 0.3) is 11.8 Å². The predicted molar refractivity (Wildman–Crippen MR) is 115 cm³/mol. The second-order valence-electron chi connectivity index (χ2n) is 8.52. The number of H-pyrrole nitrogens is 1. The molecule has 3 N–H and O–H groups in total. The zero-order valence-electron chi connectivity index (χ0n) is 18.0. The van der Waals surface area contributed by atoms with Gasteiger partial charge in [0, 0.05) is 44.5 Å². The molecular weight excluding hydrogens is 418 g/mol. The van der Waals surface area contributed by atoms with Gasteiger partial charge in [0.2, 0.25) is 0 Å². The highest BCUT2D eigenvalue weighted by molar-refractivity contribution is 6.08. The molecule has 2 amide bonds. The molecule has 1 aliphatic carbocycles. The van der Waals surface area contributed by atoms with Crippen LogP contribution in [0.15, 0.2) is 24.4 Å². The molecular formula is C22H28F2N6O2. The first-order valence-electron chi connectivity index (χ1n) is 10.9. The first-order valence-corrected chi connectivity index (χ1v) is 10.9. The van der Waals surface area contributed by atoms with Crippen molar-refractivity contribution in [3.63, 3.8) is 0 Å². The van der Waals surface area contributed by atoms with Gasteiger partial charge in [-0.2, -0.15) is 5.10 Å². The number of hydrogen-bond donors (Lipinski definition) is 3. The number of carbonyl (C=O) groups excluding carboxylic acids is 2. The van der Waals surface area contributed by atoms with Gasteiger partial charge in [-0.05, 0) is 44.9 Å². The normalized spacial score (nSPS) is 22.5. The van der Waals surface area contributed by atoms with Crippen molar-refractivity contribution in [2.75, 3.05) is 38.5 Å². The second-order valence-corrected chi connectivity index (χ2v) is 8.52. The van der Waals surface area contributed by atoms with Gasteiger partial charge in [0.05, 0.1) is 5.69 Å². The fourth-order valence-electron chi connectivity index (χ4n) is 4.48. The van der Waals surface area contributed by atoms with Crippen molar-refractivity contribution in [2.24, 2.45) is 0 Å². The van der Waals surface area contributed by atoms with E-state index in [1.165, 1.54) is 12.3 Å². The van der Waals surface area contributed by atoms with Crippen LogP contribution in [0.2, 0.25) is 0 Å². The minimum absolute atomic E-state index is 0.0173. The molecule has 1 aromatic heterocycles. The summed E-state index contributed by atoms with van der Waals surface area (Å²) < 4.78 is 27.7. The number of aromatic nitrogens is 2. The largest absolute Gasteiger partial charge is 0.348 e. The fraction of sp³-hybridized carbons (Fsp3) is 0.500. The van der Waals surface area contributed by atoms with Crippen molar-refractivity contribution in [1.29, 1.82) is 0 Å². The quantitative estimate of drug-likeness (QED) is 0.655. The fourth-order valence-corrected chi connectivity index (χ4v) is 4.48. The van der Waals surface area contributed by atoms with Crippen LogP contribution in [0.5, 0.6) is 0 Å². The van der Waals surface area contributed by atoms with Gasteiger partial charge in [0.1, 0.15) is 17.2 Å². The number of carbonyl (C=O) groups is 2. The number of amides is 2. The summed E-state index contributed by atoms with van der Waals surface area (Å²) in [6.45, 7) is 4.33. The summed E-state index contributed by atoms with van der Waals surface area (Å²) in [7, 11) is 2.14. The van der Waals surface area contributed by atoms with Crippen LogP contribution in [0.3, 0.4) is 0 Å². The molecule has 1 aromatic carbocycles. The molecule has 0 atom stereocenters. The van der Waals surface area contributed by atoms with Gasteiger partial charge < -0.3 is 15.5 Å². The highest BCUT2D eigenvalue weighted by Gasteiger charge is 2.29. The number of likely N-dealkylation sites (N-methyl/N-ethyl adjacent to an activating group) is 1. The molecule has 2 aliphatic rings. The van der Waals surface area contributed by atoms with Crippen LogP contribution in [0.25, 0.3) is 0 Å². The van der Waals surface area contributed by atoms with E-state index in [1.807, 2.05) is 0 Å². The molecule has 0 radical (unpaired) electrons. The van der Waals surface area contributed by atoms with Crippen molar-refractivity contribution in [3.05, 3.63) is 47.3 Å². The van der Waals surface area contributed by atoms with Gasteiger partial charge in [-0.25, -0.2) is 8.78 Å². The van der Waals surface area contributed by atoms with Gasteiger partial charge in [-0.15, -0.1) is 0 Å². The molecule has 172 valence electrons. The van der Waals surface area contributed by atoms with E-state index in [0.717, 1.165) is 64.0 Å². The number of nitrogens with zero attached hydrogens (tertiary/aromatic N) is 3. The van der Waals surface area contributed by atoms with Crippen molar-refractivity contribution < 1.29 is 18.4 Å². The van der Waals surface area contributed by atoms with Crippen LogP contribution in [0.4, 0.5) is 14.5 Å². The van der Waals surface area contributed by atoms with Crippen molar-refractivity contribution in [2.45, 2.75) is 37.8 Å². The smallest absolute Gasteiger partial charge is 0.274 e. The third-order valence-electron chi connectivity index (χ3n) is 6.38. The Bertz CT molecular complexity index is 945. The zero-order valence-corrected chi connectivity index (χ0v) is 18.0. The number of benzene rings is 1. The SMILES string of the molecule is CN1CCN(C2CCC(NC(=O)c3n[nH]cc3NC(=O)c3c(F)cccc3F)CC2)CC1. The number of piperazine rings is 1. The summed E-state index contributed by atoms with van der Waals surface area (Å²) in [5.74, 6) is -3.37. The lowest BCUT2D eigenvalue weighted by Gasteiger charge is -2.41. The van der Waals surface area contributed by atoms with Crippen LogP contribution in [0, 0.1) is 11.6 Å². The number of halogens is 2. The van der Waals surface area contributed by atoms with E-state index in [0.29, 0.717) is 6.04 Å².